The summed E-state index contributed by atoms with van der Waals surface area (Å²) in [6.07, 6.45) is -6.47. The fourth-order valence-corrected chi connectivity index (χ4v) is 6.30. The molecule has 2 N–H and O–H groups in total. The first-order valence-corrected chi connectivity index (χ1v) is 16.0. The summed E-state index contributed by atoms with van der Waals surface area (Å²) in [5.74, 6) is -0.435. The number of cyclic esters (lactones) is 1. The molecule has 2 heterocycles. The van der Waals surface area contributed by atoms with Crippen molar-refractivity contribution in [3.63, 3.8) is 0 Å². The van der Waals surface area contributed by atoms with Gasteiger partial charge in [0.05, 0.1) is 36.3 Å². The van der Waals surface area contributed by atoms with Gasteiger partial charge in [0.1, 0.15) is 11.6 Å². The highest BCUT2D eigenvalue weighted by atomic mass is 32.2. The topological polar surface area (TPSA) is 138 Å². The molecule has 1 aliphatic rings. The van der Waals surface area contributed by atoms with Crippen LogP contribution in [0, 0.1) is 0 Å². The molecule has 1 aliphatic heterocycles. The van der Waals surface area contributed by atoms with Crippen molar-refractivity contribution in [3.05, 3.63) is 84.1 Å². The number of unbranched alkanes of at least 4 members (excludes halogenated alkanes) is 1. The largest absolute Gasteiger partial charge is 0.497 e. The molecule has 1 saturated heterocycles. The molecule has 46 heavy (non-hydrogen) atoms. The van der Waals surface area contributed by atoms with Crippen LogP contribution in [0.1, 0.15) is 30.9 Å². The van der Waals surface area contributed by atoms with Crippen LogP contribution in [0.15, 0.2) is 77.8 Å². The van der Waals surface area contributed by atoms with E-state index in [2.05, 4.69) is 10.3 Å². The van der Waals surface area contributed by atoms with Gasteiger partial charge in [-0.25, -0.2) is 18.2 Å². The van der Waals surface area contributed by atoms with Gasteiger partial charge in [-0.3, -0.25) is 9.69 Å². The highest BCUT2D eigenvalue weighted by molar-refractivity contribution is 7.89. The van der Waals surface area contributed by atoms with Gasteiger partial charge in [0, 0.05) is 19.3 Å². The Labute approximate surface area is 265 Å². The molecule has 1 fully saturated rings. The number of ether oxygens (including phenoxy) is 2. The number of amides is 2. The SMILES string of the molecule is CCCCN(C[C@@H](O)C(Cc1ccccc1)NC(=O)[C@@H]1CN(c2ccc(C(F)(F)F)cn2)C(=O)O1)S(=O)(=O)c1ccc(OC)cc1. The van der Waals surface area contributed by atoms with E-state index in [9.17, 15) is 36.3 Å². The minimum absolute atomic E-state index is 0.00934. The summed E-state index contributed by atoms with van der Waals surface area (Å²) in [6, 6.07) is 15.5. The van der Waals surface area contributed by atoms with E-state index in [0.29, 0.717) is 24.8 Å². The summed E-state index contributed by atoms with van der Waals surface area (Å²) in [6.45, 7) is 1.33. The van der Waals surface area contributed by atoms with E-state index in [1.54, 1.807) is 30.3 Å². The number of carbonyl (C=O) groups is 2. The van der Waals surface area contributed by atoms with E-state index < -0.39 is 52.0 Å². The van der Waals surface area contributed by atoms with Crippen molar-refractivity contribution in [1.82, 2.24) is 14.6 Å². The molecular formula is C31H35F3N4O7S. The highest BCUT2D eigenvalue weighted by Gasteiger charge is 2.40. The number of aliphatic hydroxyl groups is 1. The minimum Gasteiger partial charge on any atom is -0.497 e. The van der Waals surface area contributed by atoms with Crippen LogP contribution in [-0.4, -0.2) is 79.8 Å². The maximum Gasteiger partial charge on any atom is 0.417 e. The molecule has 11 nitrogen and oxygen atoms in total. The summed E-state index contributed by atoms with van der Waals surface area (Å²) in [7, 11) is -2.59. The Morgan fingerprint density at radius 2 is 1.85 bits per heavy atom. The van der Waals surface area contributed by atoms with E-state index >= 15 is 0 Å². The van der Waals surface area contributed by atoms with Gasteiger partial charge in [-0.2, -0.15) is 17.5 Å². The van der Waals surface area contributed by atoms with Gasteiger partial charge >= 0.3 is 12.3 Å². The van der Waals surface area contributed by atoms with Crippen LogP contribution in [0.3, 0.4) is 0 Å². The van der Waals surface area contributed by atoms with E-state index in [1.807, 2.05) is 6.92 Å². The van der Waals surface area contributed by atoms with Crippen LogP contribution >= 0.6 is 0 Å². The van der Waals surface area contributed by atoms with Gasteiger partial charge in [-0.15, -0.1) is 0 Å². The molecule has 0 saturated carbocycles. The van der Waals surface area contributed by atoms with Crippen molar-refractivity contribution in [1.29, 1.82) is 0 Å². The molecule has 0 spiro atoms. The minimum atomic E-state index is -4.62. The Bertz CT molecular complexity index is 1570. The number of rotatable bonds is 14. The standard InChI is InChI=1S/C31H35F3N4O7S/c1-3-4-16-37(46(42,43)24-13-11-23(44-2)12-14-24)19-26(39)25(17-21-8-6-5-7-9-21)36-29(40)27-20-38(30(41)45-27)28-15-10-22(18-35-28)31(32,33)34/h5-15,18,25-27,39H,3-4,16-17,19-20H2,1-2H3,(H,36,40)/t25?,26-,27+/m1/s1. The second-order valence-electron chi connectivity index (χ2n) is 10.7. The Hall–Kier alpha value is -4.21. The maximum atomic E-state index is 13.6. The van der Waals surface area contributed by atoms with Gasteiger partial charge in [0.15, 0.2) is 6.10 Å². The number of hydrogen-bond acceptors (Lipinski definition) is 8. The van der Waals surface area contributed by atoms with Crippen molar-refractivity contribution in [2.75, 3.05) is 31.6 Å². The van der Waals surface area contributed by atoms with E-state index in [-0.39, 0.29) is 36.8 Å². The summed E-state index contributed by atoms with van der Waals surface area (Å²) in [5, 5.41) is 14.1. The fourth-order valence-electron chi connectivity index (χ4n) is 4.80. The number of nitrogens with one attached hydrogen (secondary N) is 1. The molecular weight excluding hydrogens is 629 g/mol. The number of carbonyl (C=O) groups excluding carboxylic acids is 2. The number of aromatic nitrogens is 1. The van der Waals surface area contributed by atoms with Gasteiger partial charge in [-0.1, -0.05) is 43.7 Å². The van der Waals surface area contributed by atoms with E-state index in [4.69, 9.17) is 9.47 Å². The predicted molar refractivity (Wildman–Crippen MR) is 162 cm³/mol. The molecule has 248 valence electrons. The molecule has 2 amide bonds. The van der Waals surface area contributed by atoms with Gasteiger partial charge < -0.3 is 19.9 Å². The summed E-state index contributed by atoms with van der Waals surface area (Å²) in [4.78, 5) is 30.5. The number of methoxy groups -OCH3 is 1. The zero-order valence-corrected chi connectivity index (χ0v) is 26.0. The molecule has 0 bridgehead atoms. The number of halogens is 3. The summed E-state index contributed by atoms with van der Waals surface area (Å²) >= 11 is 0. The number of alkyl halides is 3. The Kier molecular flexibility index (Phi) is 11.2. The molecule has 0 aliphatic carbocycles. The number of nitrogens with zero attached hydrogens (tertiary/aromatic N) is 3. The number of benzene rings is 2. The first-order chi connectivity index (χ1) is 21.8. The number of anilines is 1. The fraction of sp³-hybridized carbons (Fsp3) is 0.387. The second kappa shape index (κ2) is 14.9. The maximum absolute atomic E-state index is 13.6. The predicted octanol–water partition coefficient (Wildman–Crippen LogP) is 4.01. The van der Waals surface area contributed by atoms with Crippen LogP contribution in [0.4, 0.5) is 23.8 Å². The molecule has 0 radical (unpaired) electrons. The summed E-state index contributed by atoms with van der Waals surface area (Å²) in [5.41, 5.74) is -0.262. The van der Waals surface area contributed by atoms with Crippen LogP contribution in [0.25, 0.3) is 0 Å². The second-order valence-corrected chi connectivity index (χ2v) is 12.6. The molecule has 1 unspecified atom stereocenters. The van der Waals surface area contributed by atoms with Crippen LogP contribution in [0.2, 0.25) is 0 Å². The highest BCUT2D eigenvalue weighted by Crippen LogP contribution is 2.30. The molecule has 15 heteroatoms. The van der Waals surface area contributed by atoms with Crippen molar-refractivity contribution >= 4 is 27.8 Å². The van der Waals surface area contributed by atoms with Crippen molar-refractivity contribution in [2.45, 2.75) is 55.5 Å². The molecule has 4 rings (SSSR count). The van der Waals surface area contributed by atoms with Gasteiger partial charge in [-0.05, 0) is 54.8 Å². The lowest BCUT2D eigenvalue weighted by molar-refractivity contribution is -0.137. The number of sulfonamides is 1. The van der Waals surface area contributed by atoms with Crippen LogP contribution in [-0.2, 0) is 32.2 Å². The smallest absolute Gasteiger partial charge is 0.417 e. The van der Waals surface area contributed by atoms with Crippen molar-refractivity contribution in [2.24, 2.45) is 0 Å². The van der Waals surface area contributed by atoms with Gasteiger partial charge in [0.2, 0.25) is 10.0 Å². The number of hydrogen-bond donors (Lipinski definition) is 2. The third-order valence-electron chi connectivity index (χ3n) is 7.40. The first kappa shape index (κ1) is 34.7. The third-order valence-corrected chi connectivity index (χ3v) is 9.27. The first-order valence-electron chi connectivity index (χ1n) is 14.5. The average molecular weight is 665 g/mol. The summed E-state index contributed by atoms with van der Waals surface area (Å²) < 4.78 is 77.6. The lowest BCUT2D eigenvalue weighted by Crippen LogP contribution is -2.53. The Morgan fingerprint density at radius 3 is 2.43 bits per heavy atom. The van der Waals surface area contributed by atoms with Crippen LogP contribution in [0.5, 0.6) is 5.75 Å². The monoisotopic (exact) mass is 664 g/mol. The third kappa shape index (κ3) is 8.53. The number of aliphatic hydroxyl groups excluding tert-OH is 1. The van der Waals surface area contributed by atoms with Crippen LogP contribution < -0.4 is 15.0 Å². The number of pyridine rings is 1. The zero-order chi connectivity index (χ0) is 33.5. The lowest BCUT2D eigenvalue weighted by atomic mass is 10.0. The molecule has 3 atom stereocenters. The quantitative estimate of drug-likeness (QED) is 0.264. The normalized spacial score (nSPS) is 16.6. The zero-order valence-electron chi connectivity index (χ0n) is 25.2. The van der Waals surface area contributed by atoms with E-state index in [1.165, 1.54) is 35.7 Å². The average Bonchev–Trinajstić information content (AvgIpc) is 3.44. The van der Waals surface area contributed by atoms with E-state index in [0.717, 1.165) is 22.6 Å². The Morgan fingerprint density at radius 1 is 1.15 bits per heavy atom. The Balaban J connectivity index is 1.52. The molecule has 3 aromatic rings. The van der Waals surface area contributed by atoms with Crippen molar-refractivity contribution < 1.29 is 45.8 Å². The van der Waals surface area contributed by atoms with Crippen molar-refractivity contribution in [3.8, 4) is 5.75 Å². The molecule has 1 aromatic heterocycles. The van der Waals surface area contributed by atoms with Gasteiger partial charge in [0.25, 0.3) is 5.91 Å². The molecule has 2 aromatic carbocycles. The lowest BCUT2D eigenvalue weighted by Gasteiger charge is -2.30.